The molecule has 30 heavy (non-hydrogen) atoms. The molecule has 0 spiro atoms. The molecule has 0 atom stereocenters. The zero-order valence-corrected chi connectivity index (χ0v) is 17.1. The second kappa shape index (κ2) is 9.61. The Morgan fingerprint density at radius 2 is 1.57 bits per heavy atom. The lowest BCUT2D eigenvalue weighted by molar-refractivity contribution is 0.484. The quantitative estimate of drug-likeness (QED) is 0.132. The Bertz CT molecular complexity index is 1210. The molecule has 0 radical (unpaired) electrons. The monoisotopic (exact) mass is 465 g/mol. The molecule has 2 rings (SSSR count). The number of nitrogens with one attached hydrogen (secondary N) is 6. The molecule has 2 aromatic rings. The lowest BCUT2D eigenvalue weighted by Crippen LogP contribution is -2.28. The van der Waals surface area contributed by atoms with Gasteiger partial charge in [0.15, 0.2) is 0 Å². The average Bonchev–Trinajstić information content (AvgIpc) is 2.59. The summed E-state index contributed by atoms with van der Waals surface area (Å²) in [6, 6.07) is 0. The Morgan fingerprint density at radius 1 is 0.967 bits per heavy atom. The zero-order chi connectivity index (χ0) is 22.4. The van der Waals surface area contributed by atoms with Crippen molar-refractivity contribution in [3.8, 4) is 0 Å². The second-order valence-electron chi connectivity index (χ2n) is 5.72. The van der Waals surface area contributed by atoms with Crippen molar-refractivity contribution in [2.45, 2.75) is 0 Å². The van der Waals surface area contributed by atoms with Crippen LogP contribution in [0.25, 0.3) is 0 Å². The SMILES string of the molecule is CS(=O)(=O)NCCNc1nc(NCCS(=O)(=O)O)nc(Nc2c[nH]c(=O)[nH]c2=O)n1. The molecular weight excluding hydrogens is 446 g/mol. The molecule has 0 saturated carbocycles. The maximum Gasteiger partial charge on any atom is 0.325 e. The first-order chi connectivity index (χ1) is 13.9. The second-order valence-corrected chi connectivity index (χ2v) is 9.13. The summed E-state index contributed by atoms with van der Waals surface area (Å²) in [6.45, 7) is -0.102. The smallest absolute Gasteiger partial charge is 0.325 e. The van der Waals surface area contributed by atoms with Crippen LogP contribution in [0.2, 0.25) is 0 Å². The molecule has 18 heteroatoms. The van der Waals surface area contributed by atoms with E-state index < -0.39 is 37.1 Å². The first-order valence-corrected chi connectivity index (χ1v) is 11.6. The zero-order valence-electron chi connectivity index (χ0n) is 15.5. The lowest BCUT2D eigenvalue weighted by Gasteiger charge is -2.11. The van der Waals surface area contributed by atoms with Gasteiger partial charge in [-0.1, -0.05) is 0 Å². The van der Waals surface area contributed by atoms with Gasteiger partial charge in [-0.15, -0.1) is 0 Å². The normalized spacial score (nSPS) is 11.8. The van der Waals surface area contributed by atoms with E-state index in [4.69, 9.17) is 4.55 Å². The number of nitrogens with zero attached hydrogens (tertiary/aromatic N) is 3. The van der Waals surface area contributed by atoms with E-state index >= 15 is 0 Å². The van der Waals surface area contributed by atoms with Crippen LogP contribution in [0.1, 0.15) is 0 Å². The average molecular weight is 465 g/mol. The summed E-state index contributed by atoms with van der Waals surface area (Å²) < 4.78 is 54.9. The summed E-state index contributed by atoms with van der Waals surface area (Å²) in [5.41, 5.74) is -1.55. The van der Waals surface area contributed by atoms with E-state index in [2.05, 4.69) is 40.6 Å². The topological polar surface area (TPSA) is 241 Å². The van der Waals surface area contributed by atoms with Crippen LogP contribution in [0.4, 0.5) is 23.5 Å². The van der Waals surface area contributed by atoms with Crippen molar-refractivity contribution in [3.63, 3.8) is 0 Å². The number of hydrogen-bond donors (Lipinski definition) is 7. The van der Waals surface area contributed by atoms with Gasteiger partial charge in [0.25, 0.3) is 15.7 Å². The van der Waals surface area contributed by atoms with E-state index in [1.54, 1.807) is 0 Å². The van der Waals surface area contributed by atoms with Crippen LogP contribution in [0.15, 0.2) is 15.8 Å². The number of aromatic amines is 2. The highest BCUT2D eigenvalue weighted by Gasteiger charge is 2.11. The minimum absolute atomic E-state index is 0.0262. The van der Waals surface area contributed by atoms with Crippen molar-refractivity contribution in [2.24, 2.45) is 0 Å². The summed E-state index contributed by atoms with van der Waals surface area (Å²) in [5, 5.41) is 7.87. The third-order valence-corrected chi connectivity index (χ3v) is 4.57. The Hall–Kier alpha value is -3.09. The maximum atomic E-state index is 11.8. The van der Waals surface area contributed by atoms with Gasteiger partial charge >= 0.3 is 5.69 Å². The molecule has 0 aliphatic carbocycles. The Morgan fingerprint density at radius 3 is 2.13 bits per heavy atom. The molecule has 0 bridgehead atoms. The summed E-state index contributed by atoms with van der Waals surface area (Å²) in [4.78, 5) is 39.1. The van der Waals surface area contributed by atoms with Crippen LogP contribution in [-0.4, -0.2) is 78.0 Å². The number of aromatic nitrogens is 5. The van der Waals surface area contributed by atoms with E-state index in [0.29, 0.717) is 0 Å². The van der Waals surface area contributed by atoms with Crippen LogP contribution >= 0.6 is 0 Å². The Kier molecular flexibility index (Phi) is 7.43. The van der Waals surface area contributed by atoms with E-state index in [9.17, 15) is 26.4 Å². The van der Waals surface area contributed by atoms with Gasteiger partial charge in [0, 0.05) is 25.8 Å². The molecule has 0 saturated heterocycles. The summed E-state index contributed by atoms with van der Waals surface area (Å²) in [7, 11) is -7.60. The fourth-order valence-corrected chi connectivity index (χ4v) is 2.75. The van der Waals surface area contributed by atoms with Crippen molar-refractivity contribution in [3.05, 3.63) is 27.0 Å². The van der Waals surface area contributed by atoms with Crippen molar-refractivity contribution >= 4 is 43.7 Å². The molecule has 7 N–H and O–H groups in total. The minimum Gasteiger partial charge on any atom is -0.353 e. The Balaban J connectivity index is 2.19. The molecule has 0 amide bonds. The van der Waals surface area contributed by atoms with Crippen molar-refractivity contribution < 1.29 is 21.4 Å². The van der Waals surface area contributed by atoms with E-state index in [0.717, 1.165) is 12.5 Å². The van der Waals surface area contributed by atoms with E-state index in [1.165, 1.54) is 0 Å². The van der Waals surface area contributed by atoms with Gasteiger partial charge in [0.05, 0.1) is 12.0 Å². The first kappa shape index (κ1) is 23.2. The summed E-state index contributed by atoms with van der Waals surface area (Å²) >= 11 is 0. The third-order valence-electron chi connectivity index (χ3n) is 3.12. The van der Waals surface area contributed by atoms with Crippen molar-refractivity contribution in [1.29, 1.82) is 0 Å². The number of sulfonamides is 1. The van der Waals surface area contributed by atoms with E-state index in [-0.39, 0.29) is 43.2 Å². The molecule has 2 heterocycles. The first-order valence-electron chi connectivity index (χ1n) is 8.14. The largest absolute Gasteiger partial charge is 0.353 e. The fraction of sp³-hybridized carbons (Fsp3) is 0.417. The van der Waals surface area contributed by atoms with Crippen molar-refractivity contribution in [2.75, 3.05) is 47.6 Å². The fourth-order valence-electron chi connectivity index (χ4n) is 1.92. The molecule has 2 aromatic heterocycles. The molecule has 0 aliphatic heterocycles. The van der Waals surface area contributed by atoms with Crippen LogP contribution in [0.3, 0.4) is 0 Å². The van der Waals surface area contributed by atoms with Crippen LogP contribution in [0.5, 0.6) is 0 Å². The molecular formula is C12H19N9O7S2. The molecule has 166 valence electrons. The molecule has 0 aromatic carbocycles. The van der Waals surface area contributed by atoms with Gasteiger partial charge in [0.1, 0.15) is 5.69 Å². The van der Waals surface area contributed by atoms with Gasteiger partial charge in [-0.2, -0.15) is 23.4 Å². The number of anilines is 4. The van der Waals surface area contributed by atoms with Crippen LogP contribution in [0, 0.1) is 0 Å². The van der Waals surface area contributed by atoms with Gasteiger partial charge in [-0.3, -0.25) is 14.3 Å². The third kappa shape index (κ3) is 8.51. The molecule has 16 nitrogen and oxygen atoms in total. The standard InChI is InChI=1S/C12H19N9O7S2/c1-29(24,25)16-3-2-13-9-19-10(14-4-5-30(26,27)28)21-11(20-9)17-7-6-15-12(23)18-8(7)22/h6,16H,2-5H2,1H3,(H,26,27,28)(H2,15,18,22,23)(H3,13,14,17,19,20,21). The van der Waals surface area contributed by atoms with Crippen molar-refractivity contribution in [1.82, 2.24) is 29.6 Å². The lowest BCUT2D eigenvalue weighted by atomic mass is 10.5. The predicted molar refractivity (Wildman–Crippen MR) is 107 cm³/mol. The maximum absolute atomic E-state index is 11.8. The van der Waals surface area contributed by atoms with Crippen LogP contribution in [-0.2, 0) is 20.1 Å². The Labute approximate surface area is 169 Å². The highest BCUT2D eigenvalue weighted by atomic mass is 32.2. The van der Waals surface area contributed by atoms with Gasteiger partial charge in [-0.05, 0) is 0 Å². The highest BCUT2D eigenvalue weighted by molar-refractivity contribution is 7.88. The summed E-state index contributed by atoms with van der Waals surface area (Å²) in [5.74, 6) is -0.883. The minimum atomic E-state index is -4.21. The van der Waals surface area contributed by atoms with Gasteiger partial charge in [0.2, 0.25) is 27.9 Å². The highest BCUT2D eigenvalue weighted by Crippen LogP contribution is 2.12. The number of H-pyrrole nitrogens is 2. The molecule has 0 aliphatic rings. The van der Waals surface area contributed by atoms with Crippen LogP contribution < -0.4 is 31.9 Å². The van der Waals surface area contributed by atoms with Gasteiger partial charge < -0.3 is 20.9 Å². The predicted octanol–water partition coefficient (Wildman–Crippen LogP) is -2.75. The van der Waals surface area contributed by atoms with E-state index in [1.807, 2.05) is 4.98 Å². The number of hydrogen-bond acceptors (Lipinski definition) is 12. The molecule has 0 fully saturated rings. The number of rotatable bonds is 11. The molecule has 0 unspecified atom stereocenters. The summed E-state index contributed by atoms with van der Waals surface area (Å²) in [6.07, 6.45) is 2.09. The van der Waals surface area contributed by atoms with Gasteiger partial charge in [-0.25, -0.2) is 17.9 Å².